The molecule has 0 bridgehead atoms. The first-order chi connectivity index (χ1) is 11.3. The number of carbonyl (C=O) groups is 1. The van der Waals surface area contributed by atoms with E-state index in [2.05, 4.69) is 11.9 Å². The Balaban J connectivity index is 2.04. The third kappa shape index (κ3) is 2.65. The summed E-state index contributed by atoms with van der Waals surface area (Å²) in [6.45, 7) is 3.68. The lowest BCUT2D eigenvalue weighted by atomic mass is 10.1. The molecule has 0 unspecified atom stereocenters. The summed E-state index contributed by atoms with van der Waals surface area (Å²) in [7, 11) is 0. The molecule has 1 atom stereocenters. The lowest BCUT2D eigenvalue weighted by molar-refractivity contribution is -0.167. The van der Waals surface area contributed by atoms with Crippen molar-refractivity contribution in [3.05, 3.63) is 77.8 Å². The van der Waals surface area contributed by atoms with Crippen molar-refractivity contribution in [2.24, 2.45) is 0 Å². The normalized spacial score (nSPS) is 21.5. The Morgan fingerprint density at radius 2 is 1.54 bits per heavy atom. The summed E-state index contributed by atoms with van der Waals surface area (Å²) in [5.74, 6) is 0. The number of halogens is 3. The van der Waals surface area contributed by atoms with Crippen molar-refractivity contribution >= 4 is 23.5 Å². The molecule has 0 radical (unpaired) electrons. The number of hydrogen-bond acceptors (Lipinski definition) is 2. The lowest BCUT2D eigenvalue weighted by Gasteiger charge is -2.43. The molecule has 24 heavy (non-hydrogen) atoms. The van der Waals surface area contributed by atoms with E-state index in [0.717, 1.165) is 4.90 Å². The lowest BCUT2D eigenvalue weighted by Crippen LogP contribution is -2.60. The molecule has 2 amide bonds. The van der Waals surface area contributed by atoms with Gasteiger partial charge in [0.1, 0.15) is 0 Å². The average Bonchev–Trinajstić information content (AvgIpc) is 2.55. The highest BCUT2D eigenvalue weighted by Crippen LogP contribution is 2.53. The minimum atomic E-state index is -4.69. The van der Waals surface area contributed by atoms with Crippen LogP contribution in [0.5, 0.6) is 0 Å². The van der Waals surface area contributed by atoms with Gasteiger partial charge in [0.2, 0.25) is 4.87 Å². The Morgan fingerprint density at radius 1 is 1.00 bits per heavy atom. The van der Waals surface area contributed by atoms with E-state index in [-0.39, 0.29) is 10.6 Å². The Labute approximate surface area is 141 Å². The van der Waals surface area contributed by atoms with Crippen molar-refractivity contribution in [2.75, 3.05) is 4.90 Å². The van der Waals surface area contributed by atoms with Crippen molar-refractivity contribution in [2.45, 2.75) is 11.0 Å². The Kier molecular flexibility index (Phi) is 4.04. The van der Waals surface area contributed by atoms with Crippen LogP contribution in [0.2, 0.25) is 0 Å². The molecule has 0 aromatic heterocycles. The van der Waals surface area contributed by atoms with Crippen molar-refractivity contribution < 1.29 is 18.0 Å². The molecule has 1 fully saturated rings. The molecule has 1 saturated heterocycles. The first kappa shape index (κ1) is 16.4. The first-order valence-electron chi connectivity index (χ1n) is 7.03. The molecule has 0 saturated carbocycles. The zero-order valence-electron chi connectivity index (χ0n) is 12.4. The van der Waals surface area contributed by atoms with E-state index >= 15 is 0 Å². The third-order valence-electron chi connectivity index (χ3n) is 3.60. The van der Waals surface area contributed by atoms with E-state index in [1.165, 1.54) is 24.3 Å². The number of nitrogens with zero attached hydrogens (tertiary/aromatic N) is 1. The Bertz CT molecular complexity index is 744. The van der Waals surface area contributed by atoms with Gasteiger partial charge >= 0.3 is 12.2 Å². The first-order valence-corrected chi connectivity index (χ1v) is 7.84. The average molecular weight is 350 g/mol. The molecule has 1 heterocycles. The van der Waals surface area contributed by atoms with Gasteiger partial charge in [-0.25, -0.2) is 4.79 Å². The molecule has 7 heteroatoms. The molecule has 3 nitrogen and oxygen atoms in total. The second kappa shape index (κ2) is 5.90. The van der Waals surface area contributed by atoms with Crippen molar-refractivity contribution in [3.63, 3.8) is 0 Å². The number of amides is 2. The quantitative estimate of drug-likeness (QED) is 0.841. The van der Waals surface area contributed by atoms with Crippen LogP contribution in [0, 0.1) is 0 Å². The smallest absolute Gasteiger partial charge is 0.311 e. The molecule has 1 aliphatic heterocycles. The van der Waals surface area contributed by atoms with E-state index < -0.39 is 17.1 Å². The molecular weight excluding hydrogens is 337 g/mol. The van der Waals surface area contributed by atoms with Crippen LogP contribution >= 0.6 is 11.8 Å². The topological polar surface area (TPSA) is 32.3 Å². The number of alkyl halides is 3. The fourth-order valence-corrected chi connectivity index (χ4v) is 3.64. The molecule has 3 rings (SSSR count). The predicted octanol–water partition coefficient (Wildman–Crippen LogP) is 4.84. The van der Waals surface area contributed by atoms with Crippen LogP contribution in [0.1, 0.15) is 5.56 Å². The summed E-state index contributed by atoms with van der Waals surface area (Å²) in [6, 6.07) is 14.8. The maximum atomic E-state index is 13.9. The SMILES string of the molecule is C=C1S[C@](c2ccccc2)(C(F)(F)F)NC(=O)N1c1ccccc1. The second-order valence-electron chi connectivity index (χ2n) is 5.14. The molecule has 0 aliphatic carbocycles. The van der Waals surface area contributed by atoms with Crippen LogP contribution in [0.4, 0.5) is 23.7 Å². The van der Waals surface area contributed by atoms with Gasteiger partial charge in [0.05, 0.1) is 10.7 Å². The van der Waals surface area contributed by atoms with Gasteiger partial charge < -0.3 is 5.32 Å². The highest BCUT2D eigenvalue weighted by Gasteiger charge is 2.61. The summed E-state index contributed by atoms with van der Waals surface area (Å²) in [4.78, 5) is 11.1. The van der Waals surface area contributed by atoms with Gasteiger partial charge in [-0.15, -0.1) is 0 Å². The molecule has 0 spiro atoms. The van der Waals surface area contributed by atoms with E-state index in [9.17, 15) is 18.0 Å². The molecule has 2 aromatic carbocycles. The number of para-hydroxylation sites is 1. The standard InChI is InChI=1S/C17H13F3N2OS/c1-12-22(14-10-6-3-7-11-14)15(23)21-16(24-12,17(18,19)20)13-8-4-2-5-9-13/h2-11H,1H2,(H,21,23)/t16-/m1/s1. The number of urea groups is 1. The van der Waals surface area contributed by atoms with Gasteiger partial charge in [-0.3, -0.25) is 4.90 Å². The summed E-state index contributed by atoms with van der Waals surface area (Å²) < 4.78 is 41.6. The Hall–Kier alpha value is -2.41. The largest absolute Gasteiger partial charge is 0.425 e. The predicted molar refractivity (Wildman–Crippen MR) is 88.4 cm³/mol. The fourth-order valence-electron chi connectivity index (χ4n) is 2.50. The number of rotatable bonds is 2. The van der Waals surface area contributed by atoms with Crippen LogP contribution in [0.25, 0.3) is 0 Å². The number of benzene rings is 2. The maximum absolute atomic E-state index is 13.9. The summed E-state index contributed by atoms with van der Waals surface area (Å²) in [6.07, 6.45) is -4.69. The molecule has 1 aliphatic rings. The van der Waals surface area contributed by atoms with Gasteiger partial charge in [-0.2, -0.15) is 13.2 Å². The molecule has 1 N–H and O–H groups in total. The van der Waals surface area contributed by atoms with Gasteiger partial charge in [-0.05, 0) is 17.7 Å². The zero-order chi connectivity index (χ0) is 17.4. The summed E-state index contributed by atoms with van der Waals surface area (Å²) in [5.41, 5.74) is 0.404. The number of carbonyl (C=O) groups excluding carboxylic acids is 1. The van der Waals surface area contributed by atoms with E-state index in [1.807, 2.05) is 0 Å². The van der Waals surface area contributed by atoms with E-state index in [1.54, 1.807) is 36.4 Å². The molecule has 2 aromatic rings. The van der Waals surface area contributed by atoms with Crippen molar-refractivity contribution in [1.82, 2.24) is 5.32 Å². The van der Waals surface area contributed by atoms with Crippen LogP contribution < -0.4 is 10.2 Å². The second-order valence-corrected chi connectivity index (χ2v) is 6.43. The van der Waals surface area contributed by atoms with Gasteiger partial charge in [0.25, 0.3) is 0 Å². The van der Waals surface area contributed by atoms with Crippen LogP contribution in [-0.4, -0.2) is 12.2 Å². The Morgan fingerprint density at radius 3 is 2.04 bits per heavy atom. The fraction of sp³-hybridized carbons (Fsp3) is 0.118. The molecular formula is C17H13F3N2OS. The number of nitrogens with one attached hydrogen (secondary N) is 1. The number of hydrogen-bond donors (Lipinski definition) is 1. The van der Waals surface area contributed by atoms with Crippen LogP contribution in [0.3, 0.4) is 0 Å². The summed E-state index contributed by atoms with van der Waals surface area (Å²) >= 11 is 0.475. The van der Waals surface area contributed by atoms with E-state index in [4.69, 9.17) is 0 Å². The third-order valence-corrected chi connectivity index (χ3v) is 4.89. The summed E-state index contributed by atoms with van der Waals surface area (Å²) in [5, 5.41) is 2.13. The minimum Gasteiger partial charge on any atom is -0.311 e. The van der Waals surface area contributed by atoms with Gasteiger partial charge in [0, 0.05) is 0 Å². The van der Waals surface area contributed by atoms with Crippen molar-refractivity contribution in [1.29, 1.82) is 0 Å². The number of thioether (sulfide) groups is 1. The van der Waals surface area contributed by atoms with Gasteiger partial charge in [0.15, 0.2) is 0 Å². The minimum absolute atomic E-state index is 0.00567. The van der Waals surface area contributed by atoms with Gasteiger partial charge in [-0.1, -0.05) is 66.9 Å². The van der Waals surface area contributed by atoms with Crippen LogP contribution in [0.15, 0.2) is 72.3 Å². The monoisotopic (exact) mass is 350 g/mol. The molecule has 124 valence electrons. The van der Waals surface area contributed by atoms with Crippen LogP contribution in [-0.2, 0) is 4.87 Å². The van der Waals surface area contributed by atoms with Crippen molar-refractivity contribution in [3.8, 4) is 0 Å². The zero-order valence-corrected chi connectivity index (χ0v) is 13.2. The highest BCUT2D eigenvalue weighted by atomic mass is 32.2. The van der Waals surface area contributed by atoms with E-state index in [0.29, 0.717) is 17.4 Å². The number of anilines is 1. The maximum Gasteiger partial charge on any atom is 0.425 e. The highest BCUT2D eigenvalue weighted by molar-refractivity contribution is 8.04.